The summed E-state index contributed by atoms with van der Waals surface area (Å²) in [5.41, 5.74) is -0.460. The fourth-order valence-corrected chi connectivity index (χ4v) is 10.9. The van der Waals surface area contributed by atoms with Gasteiger partial charge < -0.3 is 39.7 Å². The van der Waals surface area contributed by atoms with Gasteiger partial charge in [0.2, 0.25) is 0 Å². The monoisotopic (exact) mass is 608 g/mol. The van der Waals surface area contributed by atoms with Gasteiger partial charge in [0.1, 0.15) is 30.2 Å². The van der Waals surface area contributed by atoms with Gasteiger partial charge in [0.15, 0.2) is 11.9 Å². The Morgan fingerprint density at radius 2 is 1.74 bits per heavy atom. The highest BCUT2D eigenvalue weighted by molar-refractivity contribution is 5.87. The minimum absolute atomic E-state index is 0.0561. The second-order valence-corrected chi connectivity index (χ2v) is 15.5. The third-order valence-electron chi connectivity index (χ3n) is 13.5. The number of carbonyl (C=O) groups is 2. The van der Waals surface area contributed by atoms with Crippen LogP contribution in [-0.4, -0.2) is 92.9 Å². The van der Waals surface area contributed by atoms with E-state index < -0.39 is 54.3 Å². The first-order valence-electron chi connectivity index (χ1n) is 16.7. The number of rotatable bonds is 6. The number of esters is 1. The molecule has 0 radical (unpaired) electrons. The lowest BCUT2D eigenvalue weighted by Crippen LogP contribution is -2.58. The molecule has 10 nitrogen and oxygen atoms in total. The van der Waals surface area contributed by atoms with Crippen molar-refractivity contribution in [2.45, 2.75) is 128 Å². The van der Waals surface area contributed by atoms with Crippen molar-refractivity contribution in [2.75, 3.05) is 13.2 Å². The van der Waals surface area contributed by atoms with Gasteiger partial charge in [-0.1, -0.05) is 27.7 Å². The van der Waals surface area contributed by atoms with Gasteiger partial charge in [-0.3, -0.25) is 4.79 Å². The third kappa shape index (κ3) is 4.84. The first kappa shape index (κ1) is 31.8. The van der Waals surface area contributed by atoms with Crippen LogP contribution in [0.2, 0.25) is 0 Å². The highest BCUT2D eigenvalue weighted by Crippen LogP contribution is 2.70. The van der Waals surface area contributed by atoms with E-state index in [1.165, 1.54) is 0 Å². The Labute approximate surface area is 254 Å². The summed E-state index contributed by atoms with van der Waals surface area (Å²) < 4.78 is 18.8. The molecule has 0 aromatic carbocycles. The van der Waals surface area contributed by atoms with Crippen molar-refractivity contribution in [3.8, 4) is 0 Å². The van der Waals surface area contributed by atoms with Gasteiger partial charge in [0, 0.05) is 30.1 Å². The maximum Gasteiger partial charge on any atom is 0.338 e. The molecule has 4 saturated carbocycles. The minimum Gasteiger partial charge on any atom is -0.460 e. The molecule has 0 amide bonds. The average molecular weight is 609 g/mol. The van der Waals surface area contributed by atoms with E-state index in [-0.39, 0.29) is 35.2 Å². The van der Waals surface area contributed by atoms with Crippen LogP contribution in [0.5, 0.6) is 0 Å². The van der Waals surface area contributed by atoms with Crippen molar-refractivity contribution in [3.63, 3.8) is 0 Å². The molecule has 4 aliphatic carbocycles. The van der Waals surface area contributed by atoms with Crippen molar-refractivity contribution in [3.05, 3.63) is 0 Å². The first-order valence-corrected chi connectivity index (χ1v) is 16.7. The largest absolute Gasteiger partial charge is 0.460 e. The van der Waals surface area contributed by atoms with Gasteiger partial charge in [0.05, 0.1) is 19.3 Å². The molecule has 0 bridgehead atoms. The summed E-state index contributed by atoms with van der Waals surface area (Å²) >= 11 is 0. The van der Waals surface area contributed by atoms with E-state index in [0.717, 1.165) is 38.5 Å². The molecule has 0 aromatic heterocycles. The molecular formula is C33H52O10. The lowest BCUT2D eigenvalue weighted by atomic mass is 9.44. The molecule has 6 rings (SSSR count). The molecule has 2 aliphatic heterocycles. The minimum atomic E-state index is -2.04. The average Bonchev–Trinajstić information content (AvgIpc) is 3.44. The highest BCUT2D eigenvalue weighted by Gasteiger charge is 2.71. The predicted octanol–water partition coefficient (Wildman–Crippen LogP) is 1.96. The molecule has 244 valence electrons. The van der Waals surface area contributed by atoms with E-state index in [1.807, 2.05) is 0 Å². The van der Waals surface area contributed by atoms with Crippen molar-refractivity contribution in [2.24, 2.45) is 52.3 Å². The van der Waals surface area contributed by atoms with Gasteiger partial charge in [0.25, 0.3) is 0 Å². The zero-order valence-electron chi connectivity index (χ0n) is 26.1. The molecule has 43 heavy (non-hydrogen) atoms. The van der Waals surface area contributed by atoms with Gasteiger partial charge >= 0.3 is 5.97 Å². The number of hydrogen-bond donors (Lipinski definition) is 5. The smallest absolute Gasteiger partial charge is 0.338 e. The van der Waals surface area contributed by atoms with Crippen LogP contribution in [0.25, 0.3) is 0 Å². The summed E-state index contributed by atoms with van der Waals surface area (Å²) in [6, 6.07) is 0. The number of aliphatic hydroxyl groups excluding tert-OH is 5. The molecule has 5 unspecified atom stereocenters. The van der Waals surface area contributed by atoms with E-state index in [4.69, 9.17) is 19.3 Å². The van der Waals surface area contributed by atoms with Crippen LogP contribution < -0.4 is 0 Å². The number of carbonyl (C=O) groups excluding carboxylic acids is 2. The molecule has 1 spiro atoms. The van der Waals surface area contributed by atoms with Gasteiger partial charge in [-0.15, -0.1) is 0 Å². The van der Waals surface area contributed by atoms with E-state index >= 15 is 0 Å². The van der Waals surface area contributed by atoms with Crippen molar-refractivity contribution in [1.82, 2.24) is 0 Å². The topological polar surface area (TPSA) is 163 Å². The number of fused-ring (bicyclic) bond motifs is 7. The maximum atomic E-state index is 14.3. The number of ether oxygens (including phenoxy) is 3. The van der Waals surface area contributed by atoms with Crippen LogP contribution in [0.15, 0.2) is 0 Å². The van der Waals surface area contributed by atoms with Crippen LogP contribution >= 0.6 is 0 Å². The van der Waals surface area contributed by atoms with Crippen LogP contribution in [-0.2, 0) is 23.8 Å². The molecule has 0 aromatic rings. The fourth-order valence-electron chi connectivity index (χ4n) is 10.9. The normalized spacial score (nSPS) is 50.2. The van der Waals surface area contributed by atoms with Crippen LogP contribution in [0.1, 0.15) is 85.5 Å². The van der Waals surface area contributed by atoms with E-state index in [1.54, 1.807) is 0 Å². The van der Waals surface area contributed by atoms with Gasteiger partial charge in [-0.2, -0.15) is 0 Å². The Kier molecular flexibility index (Phi) is 8.35. The Morgan fingerprint density at radius 1 is 1.00 bits per heavy atom. The summed E-state index contributed by atoms with van der Waals surface area (Å²) in [6.45, 7) is 8.90. The van der Waals surface area contributed by atoms with Crippen LogP contribution in [0.4, 0.5) is 0 Å². The highest BCUT2D eigenvalue weighted by atomic mass is 16.7. The van der Waals surface area contributed by atoms with Crippen LogP contribution in [0.3, 0.4) is 0 Å². The number of Topliss-reactive ketones (excluding diaryl/α,β-unsaturated/α-hetero) is 1. The summed E-state index contributed by atoms with van der Waals surface area (Å²) in [5.74, 6) is 0.940. The molecule has 10 heteroatoms. The second-order valence-electron chi connectivity index (χ2n) is 15.5. The zero-order chi connectivity index (χ0) is 31.1. The summed E-state index contributed by atoms with van der Waals surface area (Å²) in [5, 5.41) is 48.8. The van der Waals surface area contributed by atoms with Crippen LogP contribution in [0, 0.1) is 52.3 Å². The molecule has 2 saturated heterocycles. The van der Waals surface area contributed by atoms with Crippen molar-refractivity contribution in [1.29, 1.82) is 0 Å². The Bertz CT molecular complexity index is 1070. The Balaban J connectivity index is 1.12. The summed E-state index contributed by atoms with van der Waals surface area (Å²) in [6.07, 6.45) is -0.495. The second kappa shape index (κ2) is 11.3. The fraction of sp³-hybridized carbons (Fsp3) is 0.939. The third-order valence-corrected chi connectivity index (χ3v) is 13.5. The quantitative estimate of drug-likeness (QED) is 0.282. The van der Waals surface area contributed by atoms with Gasteiger partial charge in [-0.25, -0.2) is 4.79 Å². The molecule has 16 atom stereocenters. The Hall–Kier alpha value is -1.14. The number of ketones is 1. The van der Waals surface area contributed by atoms with E-state index in [2.05, 4.69) is 27.7 Å². The summed E-state index contributed by atoms with van der Waals surface area (Å²) in [7, 11) is 0. The lowest BCUT2D eigenvalue weighted by molar-refractivity contribution is -0.272. The van der Waals surface area contributed by atoms with E-state index in [0.29, 0.717) is 49.4 Å². The standard InChI is InChI=1S/C33H52O10/c1-16-7-10-33(41-15-16)17(2)26-24(43-33)12-22-20-6-5-18-11-19(42-30(40)29(39)28(38)27(37)23(35)14-34)8-9-31(18,3)21(20)13-25(36)32(22,26)4/h16-24,26-29,34-35,37-39H,5-15H2,1-4H3/t16-,17+,18+,19+,20?,21?,22?,23-,24?,26?,27+,28+,29-,31+,32-,33-/m1/s1. The van der Waals surface area contributed by atoms with Crippen molar-refractivity contribution >= 4 is 11.8 Å². The molecular weight excluding hydrogens is 556 g/mol. The first-order chi connectivity index (χ1) is 20.3. The molecule has 5 N–H and O–H groups in total. The zero-order valence-corrected chi connectivity index (χ0v) is 26.1. The Morgan fingerprint density at radius 3 is 2.42 bits per heavy atom. The number of hydrogen-bond acceptors (Lipinski definition) is 10. The molecule has 6 fully saturated rings. The van der Waals surface area contributed by atoms with E-state index in [9.17, 15) is 30.0 Å². The molecule has 2 heterocycles. The maximum absolute atomic E-state index is 14.3. The molecule has 6 aliphatic rings. The lowest BCUT2D eigenvalue weighted by Gasteiger charge is -2.60. The predicted molar refractivity (Wildman–Crippen MR) is 153 cm³/mol. The summed E-state index contributed by atoms with van der Waals surface area (Å²) in [4.78, 5) is 26.9. The van der Waals surface area contributed by atoms with Crippen molar-refractivity contribution < 1.29 is 49.3 Å². The van der Waals surface area contributed by atoms with Gasteiger partial charge in [-0.05, 0) is 80.0 Å². The number of aliphatic hydroxyl groups is 5. The SMILES string of the molecule is C[C@@H]1CC[C@@]2(OC1)OC1CC3C4CC[C@H]5C[C@@H](OC(=O)[C@H](O)[C@@H](O)[C@@H](O)[C@H](O)CO)CC[C@]5(C)C4CC(=O)[C@]3(C)C1[C@@H]2C.